The van der Waals surface area contributed by atoms with Gasteiger partial charge in [0, 0.05) is 48.9 Å². The highest BCUT2D eigenvalue weighted by Gasteiger charge is 2.33. The molecule has 202 valence electrons. The van der Waals surface area contributed by atoms with Crippen LogP contribution in [0.5, 0.6) is 0 Å². The van der Waals surface area contributed by atoms with Gasteiger partial charge in [-0.3, -0.25) is 14.5 Å². The molecule has 2 aliphatic heterocycles. The summed E-state index contributed by atoms with van der Waals surface area (Å²) in [6, 6.07) is 12.5. The van der Waals surface area contributed by atoms with Gasteiger partial charge in [-0.05, 0) is 61.1 Å². The van der Waals surface area contributed by atoms with Gasteiger partial charge in [0.2, 0.25) is 11.8 Å². The molecule has 2 atom stereocenters. The third-order valence-corrected chi connectivity index (χ3v) is 7.60. The van der Waals surface area contributed by atoms with E-state index in [4.69, 9.17) is 16.6 Å². The van der Waals surface area contributed by atoms with Crippen LogP contribution >= 0.6 is 11.6 Å². The number of halogens is 1. The van der Waals surface area contributed by atoms with E-state index in [1.807, 2.05) is 41.3 Å². The fraction of sp³-hybridized carbons (Fsp3) is 0.310. The maximum atomic E-state index is 13.4. The Morgan fingerprint density at radius 2 is 2.03 bits per heavy atom. The van der Waals surface area contributed by atoms with Crippen LogP contribution in [0.1, 0.15) is 55.5 Å². The second kappa shape index (κ2) is 11.3. The molecule has 9 nitrogen and oxygen atoms in total. The van der Waals surface area contributed by atoms with Gasteiger partial charge in [0.1, 0.15) is 5.82 Å². The van der Waals surface area contributed by atoms with Gasteiger partial charge in [0.15, 0.2) is 0 Å². The number of H-pyrrole nitrogens is 1. The molecule has 1 unspecified atom stereocenters. The summed E-state index contributed by atoms with van der Waals surface area (Å²) in [6.07, 6.45) is 7.20. The number of hydrogen-bond donors (Lipinski definition) is 3. The summed E-state index contributed by atoms with van der Waals surface area (Å²) < 4.78 is 0. The lowest BCUT2D eigenvalue weighted by Gasteiger charge is -2.36. The summed E-state index contributed by atoms with van der Waals surface area (Å²) in [5.74, 6) is 0.658. The van der Waals surface area contributed by atoms with E-state index in [1.54, 1.807) is 24.4 Å². The lowest BCUT2D eigenvalue weighted by atomic mass is 9.88. The number of nitrogens with one attached hydrogen (secondary N) is 2. The van der Waals surface area contributed by atoms with Gasteiger partial charge in [-0.15, -0.1) is 0 Å². The molecule has 10 heteroatoms. The Labute approximate surface area is 231 Å². The standard InChI is InChI=1S/C29H30ClN5O4/c1-34(29(38)39)21-10-11-22-23(16-21)32-26(36)9-4-2-3-8-25(28-31-17-24(22)33-28)35-13-12-19(15-27(35)37)18-6-5-7-20(30)14-18/h2-3,5-7,10-11,14,16-17,19,25H,4,8-9,12-13,15H2,1H3,(H,31,33)(H,32,36)(H,38,39)/t19?,25-/m0/s1. The number of aromatic amines is 1. The molecule has 5 rings (SSSR count). The number of carbonyl (C=O) groups is 3. The van der Waals surface area contributed by atoms with Gasteiger partial charge in [-0.1, -0.05) is 35.9 Å². The number of fused-ring (bicyclic) bond motifs is 4. The maximum Gasteiger partial charge on any atom is 0.411 e. The van der Waals surface area contributed by atoms with Crippen molar-refractivity contribution >= 4 is 40.9 Å². The smallest absolute Gasteiger partial charge is 0.411 e. The SMILES string of the molecule is CN(C(=O)O)c1ccc2c(c1)NC(=O)CCC=CC[C@H](N1CCC(c3cccc(Cl)c3)CC1=O)c1nc-2c[nH]1. The fourth-order valence-corrected chi connectivity index (χ4v) is 5.40. The minimum atomic E-state index is -1.11. The molecule has 3 aromatic rings. The fourth-order valence-electron chi connectivity index (χ4n) is 5.20. The van der Waals surface area contributed by atoms with Crippen molar-refractivity contribution < 1.29 is 19.5 Å². The van der Waals surface area contributed by atoms with Gasteiger partial charge in [0.25, 0.3) is 0 Å². The first-order chi connectivity index (χ1) is 18.8. The number of amides is 3. The minimum absolute atomic E-state index is 0.0606. The van der Waals surface area contributed by atoms with Crippen LogP contribution in [0.3, 0.4) is 0 Å². The van der Waals surface area contributed by atoms with Crippen LogP contribution in [0.2, 0.25) is 5.02 Å². The first-order valence-electron chi connectivity index (χ1n) is 13.0. The third kappa shape index (κ3) is 5.83. The van der Waals surface area contributed by atoms with Crippen LogP contribution in [0.25, 0.3) is 11.3 Å². The predicted octanol–water partition coefficient (Wildman–Crippen LogP) is 5.97. The number of carboxylic acid groups (broad SMARTS) is 1. The minimum Gasteiger partial charge on any atom is -0.465 e. The van der Waals surface area contributed by atoms with Crippen molar-refractivity contribution in [3.05, 3.63) is 77.2 Å². The number of anilines is 2. The largest absolute Gasteiger partial charge is 0.465 e. The molecule has 3 N–H and O–H groups in total. The average Bonchev–Trinajstić information content (AvgIpc) is 3.40. The summed E-state index contributed by atoms with van der Waals surface area (Å²) in [6.45, 7) is 0.589. The Balaban J connectivity index is 1.45. The number of hydrogen-bond acceptors (Lipinski definition) is 4. The van der Waals surface area contributed by atoms with Crippen LogP contribution in [0, 0.1) is 0 Å². The number of imidazole rings is 1. The number of carbonyl (C=O) groups excluding carboxylic acids is 2. The molecule has 2 aliphatic rings. The predicted molar refractivity (Wildman–Crippen MR) is 150 cm³/mol. The van der Waals surface area contributed by atoms with Gasteiger partial charge in [0.05, 0.1) is 17.4 Å². The van der Waals surface area contributed by atoms with E-state index in [9.17, 15) is 19.5 Å². The topological polar surface area (TPSA) is 119 Å². The molecule has 0 radical (unpaired) electrons. The number of rotatable bonds is 3. The highest BCUT2D eigenvalue weighted by molar-refractivity contribution is 6.30. The first kappa shape index (κ1) is 26.5. The summed E-state index contributed by atoms with van der Waals surface area (Å²) in [4.78, 5) is 48.7. The van der Waals surface area contributed by atoms with Crippen LogP contribution in [0.4, 0.5) is 16.2 Å². The van der Waals surface area contributed by atoms with Crippen molar-refractivity contribution in [1.82, 2.24) is 14.9 Å². The van der Waals surface area contributed by atoms with Gasteiger partial charge in [-0.2, -0.15) is 0 Å². The number of likely N-dealkylation sites (tertiary alicyclic amines) is 1. The lowest BCUT2D eigenvalue weighted by Crippen LogP contribution is -2.41. The maximum absolute atomic E-state index is 13.4. The molecule has 1 aromatic heterocycles. The van der Waals surface area contributed by atoms with Crippen LogP contribution in [-0.4, -0.2) is 51.5 Å². The Morgan fingerprint density at radius 3 is 2.79 bits per heavy atom. The Morgan fingerprint density at radius 1 is 1.18 bits per heavy atom. The zero-order chi connectivity index (χ0) is 27.5. The monoisotopic (exact) mass is 547 g/mol. The summed E-state index contributed by atoms with van der Waals surface area (Å²) in [5.41, 5.74) is 3.23. The van der Waals surface area contributed by atoms with Crippen molar-refractivity contribution in [2.75, 3.05) is 23.8 Å². The normalized spacial score (nSPS) is 19.8. The van der Waals surface area contributed by atoms with Crippen molar-refractivity contribution in [1.29, 1.82) is 0 Å². The van der Waals surface area contributed by atoms with E-state index >= 15 is 0 Å². The molecular weight excluding hydrogens is 518 g/mol. The molecule has 2 aromatic carbocycles. The first-order valence-corrected chi connectivity index (χ1v) is 13.3. The zero-order valence-corrected chi connectivity index (χ0v) is 22.3. The van der Waals surface area contributed by atoms with Crippen LogP contribution < -0.4 is 10.2 Å². The number of allylic oxidation sites excluding steroid dienone is 1. The van der Waals surface area contributed by atoms with Crippen molar-refractivity contribution in [2.45, 2.75) is 44.1 Å². The zero-order valence-electron chi connectivity index (χ0n) is 21.6. The van der Waals surface area contributed by atoms with Gasteiger partial charge >= 0.3 is 6.09 Å². The van der Waals surface area contributed by atoms with Gasteiger partial charge in [-0.25, -0.2) is 9.78 Å². The molecule has 0 spiro atoms. The number of nitrogens with zero attached hydrogens (tertiary/aromatic N) is 3. The number of benzene rings is 2. The van der Waals surface area contributed by atoms with Gasteiger partial charge < -0.3 is 20.3 Å². The van der Waals surface area contributed by atoms with E-state index in [-0.39, 0.29) is 30.2 Å². The molecule has 39 heavy (non-hydrogen) atoms. The van der Waals surface area contributed by atoms with E-state index in [0.717, 1.165) is 16.9 Å². The Hall–Kier alpha value is -4.11. The van der Waals surface area contributed by atoms with Crippen molar-refractivity contribution in [3.8, 4) is 11.3 Å². The number of aromatic nitrogens is 2. The van der Waals surface area contributed by atoms with E-state index in [0.29, 0.717) is 59.3 Å². The Kier molecular flexibility index (Phi) is 7.70. The molecule has 3 amide bonds. The van der Waals surface area contributed by atoms with E-state index < -0.39 is 6.09 Å². The molecular formula is C29H30ClN5O4. The molecule has 0 aliphatic carbocycles. The lowest BCUT2D eigenvalue weighted by molar-refractivity contribution is -0.136. The molecule has 2 bridgehead atoms. The van der Waals surface area contributed by atoms with E-state index in [1.165, 1.54) is 7.05 Å². The summed E-state index contributed by atoms with van der Waals surface area (Å²) >= 11 is 6.19. The average molecular weight is 548 g/mol. The van der Waals surface area contributed by atoms with Crippen LogP contribution in [-0.2, 0) is 9.59 Å². The highest BCUT2D eigenvalue weighted by Crippen LogP contribution is 2.37. The highest BCUT2D eigenvalue weighted by atomic mass is 35.5. The molecule has 3 heterocycles. The Bertz CT molecular complexity index is 1430. The third-order valence-electron chi connectivity index (χ3n) is 7.36. The second-order valence-electron chi connectivity index (χ2n) is 9.88. The van der Waals surface area contributed by atoms with Crippen molar-refractivity contribution in [2.24, 2.45) is 0 Å². The quantitative estimate of drug-likeness (QED) is 0.349. The molecule has 1 fully saturated rings. The molecule has 1 saturated heterocycles. The second-order valence-corrected chi connectivity index (χ2v) is 10.3. The van der Waals surface area contributed by atoms with E-state index in [2.05, 4.69) is 10.3 Å². The number of piperidine rings is 1. The summed E-state index contributed by atoms with van der Waals surface area (Å²) in [7, 11) is 1.44. The van der Waals surface area contributed by atoms with Crippen LogP contribution in [0.15, 0.2) is 60.8 Å². The van der Waals surface area contributed by atoms with Crippen molar-refractivity contribution in [3.63, 3.8) is 0 Å². The summed E-state index contributed by atoms with van der Waals surface area (Å²) in [5, 5.41) is 13.0. The molecule has 0 saturated carbocycles.